The largest absolute Gasteiger partial charge is 0.493 e. The molecule has 4 saturated heterocycles. The summed E-state index contributed by atoms with van der Waals surface area (Å²) >= 11 is 0. The van der Waals surface area contributed by atoms with Crippen LogP contribution < -0.4 is 54.2 Å². The van der Waals surface area contributed by atoms with Crippen molar-refractivity contribution in [1.82, 2.24) is 25.8 Å². The number of benzene rings is 4. The smallest absolute Gasteiger partial charge is 0.416 e. The fourth-order valence-electron chi connectivity index (χ4n) is 13.5. The molecule has 15 atom stereocenters. The first kappa shape index (κ1) is 82.5. The number of hydrogen-bond acceptors (Lipinski definition) is 28. The van der Waals surface area contributed by atoms with E-state index in [1.165, 1.54) is 91.8 Å². The summed E-state index contributed by atoms with van der Waals surface area (Å²) in [6, 6.07) is 10.8. The molecule has 0 spiro atoms. The minimum atomic E-state index is -2.03. The Morgan fingerprint density at radius 1 is 0.536 bits per heavy atom. The Morgan fingerprint density at radius 3 is 1.34 bits per heavy atom. The minimum absolute atomic E-state index is 0.000804. The van der Waals surface area contributed by atoms with E-state index in [0.29, 0.717) is 11.1 Å². The summed E-state index contributed by atoms with van der Waals surface area (Å²) in [6.45, 7) is 17.9. The van der Waals surface area contributed by atoms with Gasteiger partial charge in [0.15, 0.2) is 47.7 Å². The van der Waals surface area contributed by atoms with E-state index in [-0.39, 0.29) is 144 Å². The van der Waals surface area contributed by atoms with E-state index in [2.05, 4.69) is 29.1 Å². The van der Waals surface area contributed by atoms with Crippen molar-refractivity contribution in [3.8, 4) is 34.5 Å². The number of hydrogen-bond donors (Lipinski definition) is 13. The summed E-state index contributed by atoms with van der Waals surface area (Å²) < 4.78 is 63.5. The standard InChI is InChI=1S/C74H93N7O29/c1-34-22-45-65(92)80(71(98)105-32-36-12-14-47(41(24-36)61(88)75-18-21-100-9)107-69-57(86)53(82)55(84)59(109-69)67(94)95)43-28-51(49(101-10)26-39(43)63(90)78(45)30-34)103-19-16-38(76-73(3,4)5)17-20-104-52-29-44-40(27-50(52)102-11)64(91)79-31-35(2)23-46(79)66(93)81(44)72(99)106-33-37-13-15-48(42(25-37)62(89)77-74(6,7)8)108-70-58(87)54(83)56(85)60(110-70)68(96)97/h12-15,24-29,38,45-46,53-60,65-66,69-70,76,82-87,92-93H,1-2,16-23,30-33H2,3-11H3,(H,75,88)(H,77,89)(H,94,95)(H,96,97)/t38?,45-,46-,53-,54-,55-,56-,57+,58+,59-,60-,65?,66?,69+,70+/m0/s1. The summed E-state index contributed by atoms with van der Waals surface area (Å²) in [6.07, 6.45) is -25.0. The van der Waals surface area contributed by atoms with Crippen molar-refractivity contribution in [2.24, 2.45) is 0 Å². The van der Waals surface area contributed by atoms with Crippen molar-refractivity contribution < 1.29 is 142 Å². The number of aliphatic hydroxyl groups is 8. The van der Waals surface area contributed by atoms with Crippen LogP contribution in [0, 0.1) is 0 Å². The molecular formula is C74H93N7O29. The summed E-state index contributed by atoms with van der Waals surface area (Å²) in [7, 11) is 4.10. The fraction of sp³-hybridized carbons (Fsp3) is 0.514. The summed E-state index contributed by atoms with van der Waals surface area (Å²) in [4.78, 5) is 114. The number of anilines is 2. The van der Waals surface area contributed by atoms with E-state index >= 15 is 0 Å². The topological polar surface area (TPSA) is 489 Å². The Kier molecular flexibility index (Phi) is 25.6. The molecule has 10 rings (SSSR count). The number of carboxylic acid groups (broad SMARTS) is 2. The van der Waals surface area contributed by atoms with Crippen molar-refractivity contribution in [1.29, 1.82) is 0 Å². The van der Waals surface area contributed by atoms with Gasteiger partial charge in [0.2, 0.25) is 12.6 Å². The van der Waals surface area contributed by atoms with E-state index in [1.54, 1.807) is 20.8 Å². The van der Waals surface area contributed by atoms with Gasteiger partial charge in [-0.15, -0.1) is 0 Å². The maximum Gasteiger partial charge on any atom is 0.416 e. The van der Waals surface area contributed by atoms with Crippen molar-refractivity contribution >= 4 is 59.1 Å². The zero-order valence-electron chi connectivity index (χ0n) is 61.9. The van der Waals surface area contributed by atoms with Gasteiger partial charge in [-0.1, -0.05) is 36.4 Å². The molecule has 598 valence electrons. The number of fused-ring (bicyclic) bond motifs is 4. The van der Waals surface area contributed by atoms with Crippen LogP contribution in [0.2, 0.25) is 0 Å². The molecule has 4 aromatic rings. The van der Waals surface area contributed by atoms with Crippen LogP contribution in [0.25, 0.3) is 0 Å². The number of nitrogens with one attached hydrogen (secondary N) is 3. The number of carboxylic acids is 2. The third kappa shape index (κ3) is 18.2. The molecule has 6 aliphatic heterocycles. The second-order valence-electron chi connectivity index (χ2n) is 29.3. The Labute approximate surface area is 631 Å². The van der Waals surface area contributed by atoms with Gasteiger partial charge in [0, 0.05) is 56.0 Å². The summed E-state index contributed by atoms with van der Waals surface area (Å²) in [5.41, 5.74) is -0.688. The molecule has 6 amide bonds. The molecule has 0 bridgehead atoms. The number of aliphatic hydroxyl groups excluding tert-OH is 8. The zero-order chi connectivity index (χ0) is 80.3. The number of methoxy groups -OCH3 is 3. The number of carbonyl (C=O) groups is 8. The van der Waals surface area contributed by atoms with Crippen LogP contribution in [0.1, 0.15) is 120 Å². The van der Waals surface area contributed by atoms with Gasteiger partial charge >= 0.3 is 24.1 Å². The van der Waals surface area contributed by atoms with Gasteiger partial charge in [-0.2, -0.15) is 0 Å². The third-order valence-electron chi connectivity index (χ3n) is 18.8. The van der Waals surface area contributed by atoms with Crippen LogP contribution in [0.5, 0.6) is 34.5 Å². The van der Waals surface area contributed by atoms with E-state index < -0.39 is 164 Å². The second kappa shape index (κ2) is 34.1. The van der Waals surface area contributed by atoms with Crippen LogP contribution in [0.4, 0.5) is 21.0 Å². The molecule has 3 unspecified atom stereocenters. The first-order valence-electron chi connectivity index (χ1n) is 35.2. The van der Waals surface area contributed by atoms with Crippen molar-refractivity contribution in [2.45, 2.75) is 184 Å². The SMILES string of the molecule is C=C1C[C@H]2C(O)N(C(=O)OCc3ccc(O[C@@H]4O[C@H](C(=O)O)[C@@H](O)[C@H](O)[C@H]4O)c(C(=O)NCCOC)c3)c3cc(OCCC(CCOc4cc5c(cc4OC)C(=O)N4CC(=C)C[C@H]4C(O)N5C(=O)OCc4ccc(O[C@@H]5O[C@H](C(=O)O)[C@@H](O)[C@H](O)[C@H]5O)c(C(=O)NC(C)(C)C)c4)NC(C)(C)C)c(OC)cc3C(=O)N2C1. The van der Waals surface area contributed by atoms with Crippen molar-refractivity contribution in [2.75, 3.05) is 70.6 Å². The zero-order valence-corrected chi connectivity index (χ0v) is 61.9. The molecule has 110 heavy (non-hydrogen) atoms. The van der Waals surface area contributed by atoms with Gasteiger partial charge in [-0.05, 0) is 115 Å². The molecule has 13 N–H and O–H groups in total. The number of aliphatic carboxylic acids is 2. The maximum atomic E-state index is 14.7. The summed E-state index contributed by atoms with van der Waals surface area (Å²) in [5, 5.41) is 116. The molecule has 0 aliphatic carbocycles. The first-order chi connectivity index (χ1) is 51.9. The van der Waals surface area contributed by atoms with Gasteiger partial charge in [0.05, 0.1) is 79.8 Å². The average Bonchev–Trinajstić information content (AvgIpc) is 1.60. The Balaban J connectivity index is 0.870. The maximum absolute atomic E-state index is 14.7. The molecule has 4 aromatic carbocycles. The summed E-state index contributed by atoms with van der Waals surface area (Å²) in [5.74, 6) is -6.33. The normalized spacial score (nSPS) is 25.5. The Morgan fingerprint density at radius 2 is 0.955 bits per heavy atom. The molecular weight excluding hydrogens is 1450 g/mol. The molecule has 0 saturated carbocycles. The van der Waals surface area contributed by atoms with Crippen LogP contribution in [-0.2, 0) is 46.5 Å². The van der Waals surface area contributed by atoms with Gasteiger partial charge in [-0.3, -0.25) is 19.2 Å². The second-order valence-corrected chi connectivity index (χ2v) is 29.3. The molecule has 36 nitrogen and oxygen atoms in total. The van der Waals surface area contributed by atoms with E-state index in [4.69, 9.17) is 52.1 Å². The highest BCUT2D eigenvalue weighted by atomic mass is 16.7. The lowest BCUT2D eigenvalue weighted by molar-refractivity contribution is -0.271. The molecule has 6 aliphatic rings. The molecule has 36 heteroatoms. The molecule has 0 aromatic heterocycles. The molecule has 6 heterocycles. The number of ether oxygens (including phenoxy) is 11. The van der Waals surface area contributed by atoms with Gasteiger partial charge < -0.3 is 129 Å². The highest BCUT2D eigenvalue weighted by Crippen LogP contribution is 2.45. The van der Waals surface area contributed by atoms with E-state index in [9.17, 15) is 89.4 Å². The number of nitrogens with zero attached hydrogens (tertiary/aromatic N) is 4. The molecule has 4 fully saturated rings. The quantitative estimate of drug-likeness (QED) is 0.0314. The third-order valence-corrected chi connectivity index (χ3v) is 18.8. The average molecular weight is 1540 g/mol. The van der Waals surface area contributed by atoms with Gasteiger partial charge in [-0.25, -0.2) is 29.0 Å². The van der Waals surface area contributed by atoms with Gasteiger partial charge in [0.25, 0.3) is 23.6 Å². The van der Waals surface area contributed by atoms with Crippen molar-refractivity contribution in [3.05, 3.63) is 118 Å². The number of rotatable bonds is 26. The fourth-order valence-corrected chi connectivity index (χ4v) is 13.5. The lowest BCUT2D eigenvalue weighted by Crippen LogP contribution is -2.61. The van der Waals surface area contributed by atoms with E-state index in [1.807, 2.05) is 20.8 Å². The highest BCUT2D eigenvalue weighted by molar-refractivity contribution is 6.07. The van der Waals surface area contributed by atoms with Crippen LogP contribution in [0.15, 0.2) is 85.0 Å². The number of carbonyl (C=O) groups excluding carboxylic acids is 6. The highest BCUT2D eigenvalue weighted by Gasteiger charge is 2.52. The predicted molar refractivity (Wildman–Crippen MR) is 382 cm³/mol. The Bertz CT molecular complexity index is 4160. The van der Waals surface area contributed by atoms with Crippen LogP contribution in [0.3, 0.4) is 0 Å². The van der Waals surface area contributed by atoms with E-state index in [0.717, 1.165) is 9.80 Å². The minimum Gasteiger partial charge on any atom is -0.493 e. The van der Waals surface area contributed by atoms with Crippen LogP contribution in [-0.4, -0.2) is 272 Å². The number of amides is 6. The lowest BCUT2D eigenvalue weighted by Gasteiger charge is -2.38. The Hall–Kier alpha value is -9.96. The predicted octanol–water partition coefficient (Wildman–Crippen LogP) is 1.64. The monoisotopic (exact) mass is 1540 g/mol. The van der Waals surface area contributed by atoms with Crippen molar-refractivity contribution in [3.63, 3.8) is 0 Å². The first-order valence-corrected chi connectivity index (χ1v) is 35.2. The van der Waals surface area contributed by atoms with Crippen LogP contribution >= 0.6 is 0 Å². The molecule has 0 radical (unpaired) electrons. The van der Waals surface area contributed by atoms with Gasteiger partial charge in [0.1, 0.15) is 61.3 Å². The lowest BCUT2D eigenvalue weighted by atomic mass is 9.99.